The number of unbranched alkanes of at least 4 members (excludes halogenated alkanes) is 2. The van der Waals surface area contributed by atoms with Gasteiger partial charge in [-0.2, -0.15) is 0 Å². The van der Waals surface area contributed by atoms with Gasteiger partial charge in [-0.25, -0.2) is 0 Å². The van der Waals surface area contributed by atoms with E-state index in [1.54, 1.807) is 0 Å². The normalized spacial score (nSPS) is 15.0. The van der Waals surface area contributed by atoms with E-state index in [0.29, 0.717) is 54.1 Å². The molecule has 9 nitrogen and oxygen atoms in total. The number of nitrogens with two attached hydrogens (primary N) is 9. The van der Waals surface area contributed by atoms with Crippen LogP contribution in [-0.4, -0.2) is 54.4 Å². The maximum absolute atomic E-state index is 6.19. The molecule has 0 radical (unpaired) electrons. The van der Waals surface area contributed by atoms with Gasteiger partial charge < -0.3 is 51.6 Å². The summed E-state index contributed by atoms with van der Waals surface area (Å²) in [4.78, 5) is 0. The molecule has 0 bridgehead atoms. The van der Waals surface area contributed by atoms with Crippen LogP contribution in [0.15, 0.2) is 0 Å². The van der Waals surface area contributed by atoms with Crippen molar-refractivity contribution in [2.75, 3.05) is 0 Å². The van der Waals surface area contributed by atoms with Crippen LogP contribution in [0.5, 0.6) is 0 Å². The highest BCUT2D eigenvalue weighted by molar-refractivity contribution is 4.89. The molecule has 0 heterocycles. The molecule has 11 atom stereocenters. The number of hydrogen-bond acceptors (Lipinski definition) is 9. The topological polar surface area (TPSA) is 234 Å². The number of hydrogen-bond donors (Lipinski definition) is 9. The Bertz CT molecular complexity index is 617. The average Bonchev–Trinajstić information content (AvgIpc) is 3.09. The molecule has 18 N–H and O–H groups in total. The monoisotopic (exact) mass is 1170 g/mol. The lowest BCUT2D eigenvalue weighted by Gasteiger charge is -2.38. The minimum absolute atomic E-state index is 0. The van der Waals surface area contributed by atoms with Crippen LogP contribution in [0, 0.1) is 17.8 Å². The predicted octanol–water partition coefficient (Wildman–Crippen LogP) is 24.2. The molecule has 0 aliphatic heterocycles. The van der Waals surface area contributed by atoms with Crippen LogP contribution in [0.1, 0.15) is 402 Å². The maximum atomic E-state index is 6.19. The van der Waals surface area contributed by atoms with Crippen LogP contribution in [0.2, 0.25) is 0 Å². The summed E-state index contributed by atoms with van der Waals surface area (Å²) in [6.07, 6.45) is 24.9. The maximum Gasteiger partial charge on any atom is 0.0192 e. The first kappa shape index (κ1) is 185. The van der Waals surface area contributed by atoms with Gasteiger partial charge in [-0.15, -0.1) is 0 Å². The summed E-state index contributed by atoms with van der Waals surface area (Å²) in [5, 5.41) is 0. The lowest BCUT2D eigenvalue weighted by atomic mass is 9.73. The molecule has 1 saturated carbocycles. The molecule has 530 valence electrons. The Labute approximate surface area is 523 Å². The third-order valence-electron chi connectivity index (χ3n) is 9.83. The van der Waals surface area contributed by atoms with E-state index in [2.05, 4.69) is 69.2 Å². The molecular weight excluding hydrogens is 967 g/mol. The second-order valence-corrected chi connectivity index (χ2v) is 18.2. The second-order valence-electron chi connectivity index (χ2n) is 18.2. The summed E-state index contributed by atoms with van der Waals surface area (Å²) in [5.41, 5.74) is 51.3. The first-order valence-corrected chi connectivity index (χ1v) is 24.4. The van der Waals surface area contributed by atoms with E-state index in [9.17, 15) is 0 Å². The molecule has 0 saturated heterocycles. The molecule has 0 aromatic heterocycles. The Balaban J connectivity index is -0.0000000145. The van der Waals surface area contributed by atoms with Crippen LogP contribution in [0.25, 0.3) is 0 Å². The molecule has 1 rings (SSSR count). The van der Waals surface area contributed by atoms with Gasteiger partial charge in [-0.1, -0.05) is 297 Å². The fourth-order valence-corrected chi connectivity index (χ4v) is 6.71. The minimum atomic E-state index is 0. The summed E-state index contributed by atoms with van der Waals surface area (Å²) in [5.74, 6) is 2.12. The van der Waals surface area contributed by atoms with Crippen molar-refractivity contribution in [1.29, 1.82) is 0 Å². The van der Waals surface area contributed by atoms with E-state index in [0.717, 1.165) is 63.7 Å². The van der Waals surface area contributed by atoms with E-state index in [-0.39, 0.29) is 175 Å². The fourth-order valence-electron chi connectivity index (χ4n) is 6.71. The molecule has 0 spiro atoms. The molecule has 9 heteroatoms. The Hall–Kier alpha value is -0.360. The summed E-state index contributed by atoms with van der Waals surface area (Å²) >= 11 is 0. The van der Waals surface area contributed by atoms with E-state index >= 15 is 0 Å². The Morgan fingerprint density at radius 1 is 0.278 bits per heavy atom. The van der Waals surface area contributed by atoms with Gasteiger partial charge in [0.1, 0.15) is 0 Å². The zero-order valence-corrected chi connectivity index (χ0v) is 42.0. The van der Waals surface area contributed by atoms with Crippen molar-refractivity contribution < 1.29 is 0 Å². The van der Waals surface area contributed by atoms with Crippen LogP contribution in [-0.2, 0) is 0 Å². The third kappa shape index (κ3) is 180. The van der Waals surface area contributed by atoms with Crippen molar-refractivity contribution in [1.82, 2.24) is 0 Å². The van der Waals surface area contributed by atoms with Gasteiger partial charge in [0.05, 0.1) is 0 Å². The summed E-state index contributed by atoms with van der Waals surface area (Å²) in [6, 6.07) is 3.22. The molecular formula is C70H205N9. The van der Waals surface area contributed by atoms with Gasteiger partial charge in [0.25, 0.3) is 0 Å². The summed E-state index contributed by atoms with van der Waals surface area (Å²) in [6.45, 7) is 31.9. The van der Waals surface area contributed by atoms with Gasteiger partial charge in [-0.05, 0) is 123 Å². The van der Waals surface area contributed by atoms with Crippen molar-refractivity contribution >= 4 is 0 Å². The lowest BCUT2D eigenvalue weighted by molar-refractivity contribution is 0.187. The molecule has 1 aliphatic rings. The highest BCUT2D eigenvalue weighted by Gasteiger charge is 2.32. The van der Waals surface area contributed by atoms with Crippen molar-refractivity contribution in [3.8, 4) is 0 Å². The van der Waals surface area contributed by atoms with Crippen molar-refractivity contribution in [2.45, 2.75) is 456 Å². The largest absolute Gasteiger partial charge is 0.328 e. The smallest absolute Gasteiger partial charge is 0.0192 e. The van der Waals surface area contributed by atoms with Gasteiger partial charge in [0.2, 0.25) is 0 Å². The van der Waals surface area contributed by atoms with E-state index in [1.807, 2.05) is 34.6 Å². The Morgan fingerprint density at radius 3 is 0.557 bits per heavy atom. The first-order valence-electron chi connectivity index (χ1n) is 24.4. The van der Waals surface area contributed by atoms with Gasteiger partial charge in [0, 0.05) is 54.4 Å². The Morgan fingerprint density at radius 2 is 0.468 bits per heavy atom. The van der Waals surface area contributed by atoms with E-state index in [4.69, 9.17) is 51.6 Å². The molecule has 0 aromatic rings. The molecule has 79 heavy (non-hydrogen) atoms. The third-order valence-corrected chi connectivity index (χ3v) is 9.83. The zero-order chi connectivity index (χ0) is 45.8. The average molecular weight is 1170 g/mol. The van der Waals surface area contributed by atoms with Crippen molar-refractivity contribution in [3.63, 3.8) is 0 Å². The SMILES string of the molecule is C.C.C.C.C.C.C.C.C.C.C.C.C.C.C.C.C.C.C.C.C.C.CC(C)CC(C)N.CCCC(C)N.CCCC(C)N.CCCC(C)N.CCCC(C)N.CCCC1CC(N)C(CCC)CC1N.CCCCC(N)C(N)CCCC. The molecule has 0 amide bonds. The summed E-state index contributed by atoms with van der Waals surface area (Å²) < 4.78 is 0. The fraction of sp³-hybridized carbons (Fsp3) is 1.00. The number of rotatable bonds is 21. The molecule has 1 aliphatic carbocycles. The minimum Gasteiger partial charge on any atom is -0.328 e. The predicted molar refractivity (Wildman–Crippen MR) is 412 cm³/mol. The quantitative estimate of drug-likeness (QED) is 0.0531. The van der Waals surface area contributed by atoms with Gasteiger partial charge >= 0.3 is 0 Å². The molecule has 0 aromatic carbocycles. The van der Waals surface area contributed by atoms with Crippen LogP contribution >= 0.6 is 0 Å². The molecule has 1 fully saturated rings. The highest BCUT2D eigenvalue weighted by Crippen LogP contribution is 2.32. The van der Waals surface area contributed by atoms with E-state index in [1.165, 1.54) is 77.0 Å². The second kappa shape index (κ2) is 142. The lowest BCUT2D eigenvalue weighted by Crippen LogP contribution is -2.46. The van der Waals surface area contributed by atoms with Gasteiger partial charge in [0.15, 0.2) is 0 Å². The van der Waals surface area contributed by atoms with Crippen LogP contribution in [0.3, 0.4) is 0 Å². The van der Waals surface area contributed by atoms with Crippen molar-refractivity contribution in [3.05, 3.63) is 0 Å². The van der Waals surface area contributed by atoms with Crippen molar-refractivity contribution in [2.24, 2.45) is 69.4 Å². The van der Waals surface area contributed by atoms with E-state index < -0.39 is 0 Å². The van der Waals surface area contributed by atoms with Crippen LogP contribution < -0.4 is 51.6 Å². The first-order chi connectivity index (χ1) is 26.6. The highest BCUT2D eigenvalue weighted by atomic mass is 14.8. The zero-order valence-electron chi connectivity index (χ0n) is 42.0. The Kier molecular flexibility index (Phi) is 333. The van der Waals surface area contributed by atoms with Crippen LogP contribution in [0.4, 0.5) is 0 Å². The summed E-state index contributed by atoms with van der Waals surface area (Å²) in [7, 11) is 0. The molecule has 11 unspecified atom stereocenters. The standard InChI is InChI=1S/C12H26N2.C10H24N2.C6H15N.4C5H13N.22CH4/c1-3-5-9-7-12(14)10(6-4-2)8-11(9)13;1-3-5-7-9(11)10(12)8-6-4-2;1-5(2)4-6(3)7;4*1-3-4-5(2)6;;;;;;;;;;;;;;;;;;;;;;/h9-12H,3-8,13-14H2,1-2H3;9-10H,3-8,11-12H2,1-2H3;5-6H,4,7H2,1-3H3;4*5H,3-4,6H2,1-2H3;22*1H4. The van der Waals surface area contributed by atoms with Gasteiger partial charge in [-0.3, -0.25) is 0 Å².